The van der Waals surface area contributed by atoms with Crippen LogP contribution in [0.15, 0.2) is 12.4 Å². The van der Waals surface area contributed by atoms with Gasteiger partial charge in [-0.05, 0) is 39.7 Å². The highest BCUT2D eigenvalue weighted by Crippen LogP contribution is 2.23. The zero-order valence-electron chi connectivity index (χ0n) is 10.1. The molecule has 1 N–H and O–H groups in total. The van der Waals surface area contributed by atoms with Crippen molar-refractivity contribution in [2.75, 3.05) is 7.05 Å². The largest absolute Gasteiger partial charge is 0.487 e. The van der Waals surface area contributed by atoms with Crippen molar-refractivity contribution in [1.29, 1.82) is 0 Å². The van der Waals surface area contributed by atoms with E-state index in [4.69, 9.17) is 4.74 Å². The van der Waals surface area contributed by atoms with Gasteiger partial charge in [0, 0.05) is 0 Å². The van der Waals surface area contributed by atoms with Gasteiger partial charge in [0.2, 0.25) is 0 Å². The fraction of sp³-hybridized carbons (Fsp3) is 0.750. The number of rotatable bonds is 4. The van der Waals surface area contributed by atoms with E-state index in [-0.39, 0.29) is 6.17 Å². The van der Waals surface area contributed by atoms with E-state index in [1.165, 1.54) is 32.1 Å². The van der Waals surface area contributed by atoms with Crippen LogP contribution in [0.2, 0.25) is 0 Å². The molecule has 90 valence electrons. The Morgan fingerprint density at radius 3 is 2.88 bits per heavy atom. The molecule has 16 heavy (non-hydrogen) atoms. The third-order valence-corrected chi connectivity index (χ3v) is 3.25. The summed E-state index contributed by atoms with van der Waals surface area (Å²) >= 11 is 0. The Bertz CT molecular complexity index is 318. The van der Waals surface area contributed by atoms with E-state index in [9.17, 15) is 0 Å². The van der Waals surface area contributed by atoms with Crippen LogP contribution in [-0.2, 0) is 0 Å². The first-order chi connectivity index (χ1) is 7.79. The van der Waals surface area contributed by atoms with Gasteiger partial charge < -0.3 is 4.74 Å². The van der Waals surface area contributed by atoms with Crippen LogP contribution in [0, 0.1) is 0 Å². The van der Waals surface area contributed by atoms with Crippen LogP contribution in [0.5, 0.6) is 5.75 Å². The summed E-state index contributed by atoms with van der Waals surface area (Å²) in [5.41, 5.74) is 0. The number of nitrogens with one attached hydrogen (secondary N) is 1. The summed E-state index contributed by atoms with van der Waals surface area (Å²) in [6.07, 6.45) is 10.7. The molecule has 0 spiro atoms. The highest BCUT2D eigenvalue weighted by atomic mass is 16.5. The van der Waals surface area contributed by atoms with Gasteiger partial charge in [-0.1, -0.05) is 6.42 Å². The molecule has 0 amide bonds. The zero-order chi connectivity index (χ0) is 11.4. The first-order valence-electron chi connectivity index (χ1n) is 6.17. The molecule has 2 rings (SSSR count). The first kappa shape index (κ1) is 11.5. The summed E-state index contributed by atoms with van der Waals surface area (Å²) in [6, 6.07) is 0. The molecule has 4 heteroatoms. The van der Waals surface area contributed by atoms with Gasteiger partial charge >= 0.3 is 0 Å². The van der Waals surface area contributed by atoms with Crippen LogP contribution in [0.4, 0.5) is 0 Å². The minimum Gasteiger partial charge on any atom is -0.487 e. The normalized spacial score (nSPS) is 19.6. The van der Waals surface area contributed by atoms with Crippen molar-refractivity contribution in [3.63, 3.8) is 0 Å². The highest BCUT2D eigenvalue weighted by molar-refractivity contribution is 5.12. The first-order valence-corrected chi connectivity index (χ1v) is 6.17. The van der Waals surface area contributed by atoms with Gasteiger partial charge in [0.25, 0.3) is 0 Å². The van der Waals surface area contributed by atoms with Crippen LogP contribution < -0.4 is 10.1 Å². The number of aromatic nitrogens is 2. The smallest absolute Gasteiger partial charge is 0.157 e. The maximum Gasteiger partial charge on any atom is 0.157 e. The van der Waals surface area contributed by atoms with Crippen molar-refractivity contribution in [2.24, 2.45) is 0 Å². The molecule has 0 aromatic carbocycles. The van der Waals surface area contributed by atoms with Crippen molar-refractivity contribution in [1.82, 2.24) is 15.1 Å². The fourth-order valence-corrected chi connectivity index (χ4v) is 2.10. The summed E-state index contributed by atoms with van der Waals surface area (Å²) in [5, 5.41) is 7.42. The molecule has 1 aliphatic rings. The maximum atomic E-state index is 5.92. The standard InChI is InChI=1S/C12H21N3O/c1-10(13-2)15-9-12(8-14-15)16-11-6-4-3-5-7-11/h8-11,13H,3-7H2,1-2H3. The Hall–Kier alpha value is -1.03. The summed E-state index contributed by atoms with van der Waals surface area (Å²) in [4.78, 5) is 0. The Balaban J connectivity index is 1.91. The van der Waals surface area contributed by atoms with Gasteiger partial charge in [0.1, 0.15) is 0 Å². The van der Waals surface area contributed by atoms with Crippen molar-refractivity contribution >= 4 is 0 Å². The SMILES string of the molecule is CNC(C)n1cc(OC2CCCCC2)cn1. The number of nitrogens with zero attached hydrogens (tertiary/aromatic N) is 2. The summed E-state index contributed by atoms with van der Waals surface area (Å²) in [6.45, 7) is 2.07. The van der Waals surface area contributed by atoms with E-state index in [1.807, 2.05) is 24.1 Å². The van der Waals surface area contributed by atoms with Gasteiger partial charge in [0.05, 0.1) is 24.7 Å². The fourth-order valence-electron chi connectivity index (χ4n) is 2.10. The Kier molecular flexibility index (Phi) is 3.83. The van der Waals surface area contributed by atoms with Gasteiger partial charge in [-0.15, -0.1) is 0 Å². The van der Waals surface area contributed by atoms with E-state index in [0.29, 0.717) is 6.10 Å². The molecule has 1 aromatic rings. The van der Waals surface area contributed by atoms with Gasteiger partial charge in [-0.3, -0.25) is 10.00 Å². The monoisotopic (exact) mass is 223 g/mol. The quantitative estimate of drug-likeness (QED) is 0.851. The van der Waals surface area contributed by atoms with Crippen molar-refractivity contribution in [3.05, 3.63) is 12.4 Å². The average Bonchev–Trinajstić information content (AvgIpc) is 2.78. The second-order valence-corrected chi connectivity index (χ2v) is 4.50. The van der Waals surface area contributed by atoms with E-state index in [1.54, 1.807) is 0 Å². The molecular weight excluding hydrogens is 202 g/mol. The molecule has 0 saturated heterocycles. The van der Waals surface area contributed by atoms with E-state index in [0.717, 1.165) is 5.75 Å². The van der Waals surface area contributed by atoms with E-state index < -0.39 is 0 Å². The van der Waals surface area contributed by atoms with Gasteiger partial charge in [-0.2, -0.15) is 5.10 Å². The third-order valence-electron chi connectivity index (χ3n) is 3.25. The molecule has 1 heterocycles. The Morgan fingerprint density at radius 1 is 1.44 bits per heavy atom. The van der Waals surface area contributed by atoms with Gasteiger partial charge in [-0.25, -0.2) is 0 Å². The minimum atomic E-state index is 0.212. The number of hydrogen-bond donors (Lipinski definition) is 1. The summed E-state index contributed by atoms with van der Waals surface area (Å²) in [7, 11) is 1.92. The predicted octanol–water partition coefficient (Wildman–Crippen LogP) is 2.33. The summed E-state index contributed by atoms with van der Waals surface area (Å²) < 4.78 is 7.81. The molecule has 0 bridgehead atoms. The van der Waals surface area contributed by atoms with Gasteiger partial charge in [0.15, 0.2) is 5.75 Å². The predicted molar refractivity (Wildman–Crippen MR) is 63.5 cm³/mol. The summed E-state index contributed by atoms with van der Waals surface area (Å²) in [5.74, 6) is 0.897. The topological polar surface area (TPSA) is 39.1 Å². The van der Waals surface area contributed by atoms with E-state index in [2.05, 4.69) is 17.3 Å². The second kappa shape index (κ2) is 5.34. The molecule has 4 nitrogen and oxygen atoms in total. The average molecular weight is 223 g/mol. The van der Waals surface area contributed by atoms with Crippen LogP contribution in [-0.4, -0.2) is 22.9 Å². The van der Waals surface area contributed by atoms with Crippen LogP contribution in [0.1, 0.15) is 45.2 Å². The number of ether oxygens (including phenoxy) is 1. The highest BCUT2D eigenvalue weighted by Gasteiger charge is 2.15. The molecule has 1 aromatic heterocycles. The number of hydrogen-bond acceptors (Lipinski definition) is 3. The Morgan fingerprint density at radius 2 is 2.19 bits per heavy atom. The van der Waals surface area contributed by atoms with Crippen LogP contribution in [0.3, 0.4) is 0 Å². The molecule has 0 aliphatic heterocycles. The van der Waals surface area contributed by atoms with Crippen molar-refractivity contribution in [2.45, 2.75) is 51.3 Å². The lowest BCUT2D eigenvalue weighted by atomic mass is 9.98. The molecule has 1 fully saturated rings. The lowest BCUT2D eigenvalue weighted by Crippen LogP contribution is -2.20. The van der Waals surface area contributed by atoms with Crippen LogP contribution in [0.25, 0.3) is 0 Å². The molecule has 0 radical (unpaired) electrons. The Labute approximate surface area is 97.0 Å². The second-order valence-electron chi connectivity index (χ2n) is 4.50. The molecule has 1 aliphatic carbocycles. The molecule has 1 atom stereocenters. The lowest BCUT2D eigenvalue weighted by Gasteiger charge is -2.21. The lowest BCUT2D eigenvalue weighted by molar-refractivity contribution is 0.154. The molecule has 1 saturated carbocycles. The molecular formula is C12H21N3O. The third kappa shape index (κ3) is 2.76. The van der Waals surface area contributed by atoms with Crippen molar-refractivity contribution in [3.8, 4) is 5.75 Å². The molecule has 1 unspecified atom stereocenters. The maximum absolute atomic E-state index is 5.92. The van der Waals surface area contributed by atoms with Crippen LogP contribution >= 0.6 is 0 Å². The zero-order valence-corrected chi connectivity index (χ0v) is 10.1. The minimum absolute atomic E-state index is 0.212. The van der Waals surface area contributed by atoms with Crippen molar-refractivity contribution < 1.29 is 4.74 Å². The van der Waals surface area contributed by atoms with E-state index >= 15 is 0 Å².